The molecule has 0 bridgehead atoms. The molecular weight excluding hydrogens is 260 g/mol. The first-order valence-electron chi connectivity index (χ1n) is 4.87. The largest absolute Gasteiger partial charge is 0.397 e. The molecule has 0 spiro atoms. The van der Waals surface area contributed by atoms with E-state index in [0.29, 0.717) is 17.0 Å². The monoisotopic (exact) mass is 272 g/mol. The van der Waals surface area contributed by atoms with Gasteiger partial charge in [-0.2, -0.15) is 0 Å². The number of benzene rings is 1. The first-order chi connectivity index (χ1) is 7.88. The summed E-state index contributed by atoms with van der Waals surface area (Å²) in [5, 5.41) is 0.368. The molecule has 0 aliphatic rings. The molecule has 3 N–H and O–H groups in total. The van der Waals surface area contributed by atoms with Gasteiger partial charge in [0.25, 0.3) is 0 Å². The Hall–Kier alpha value is -1.22. The maximum absolute atomic E-state index is 11.8. The van der Waals surface area contributed by atoms with Gasteiger partial charge >= 0.3 is 0 Å². The summed E-state index contributed by atoms with van der Waals surface area (Å²) in [7, 11) is -3.58. The minimum Gasteiger partial charge on any atom is -0.397 e. The number of hydrogen-bond acceptors (Lipinski definition) is 3. The molecule has 1 rings (SSSR count). The summed E-state index contributed by atoms with van der Waals surface area (Å²) < 4.78 is 26.1. The van der Waals surface area contributed by atoms with Gasteiger partial charge in [-0.05, 0) is 24.6 Å². The lowest BCUT2D eigenvalue weighted by Gasteiger charge is -2.09. The van der Waals surface area contributed by atoms with Crippen molar-refractivity contribution in [3.63, 3.8) is 0 Å². The quantitative estimate of drug-likeness (QED) is 0.496. The molecule has 0 saturated carbocycles. The van der Waals surface area contributed by atoms with Crippen LogP contribution in [0, 0.1) is 19.3 Å². The number of nitrogens with one attached hydrogen (secondary N) is 1. The lowest BCUT2D eigenvalue weighted by molar-refractivity contribution is 0.582. The average Bonchev–Trinajstić information content (AvgIpc) is 2.25. The van der Waals surface area contributed by atoms with E-state index in [9.17, 15) is 8.42 Å². The zero-order chi connectivity index (χ0) is 13.1. The first-order valence-corrected chi connectivity index (χ1v) is 6.73. The van der Waals surface area contributed by atoms with Crippen LogP contribution in [0.4, 0.5) is 5.69 Å². The first kappa shape index (κ1) is 13.8. The second kappa shape index (κ2) is 5.41. The van der Waals surface area contributed by atoms with Crippen molar-refractivity contribution in [2.24, 2.45) is 0 Å². The normalized spacial score (nSPS) is 11.1. The van der Waals surface area contributed by atoms with Crippen molar-refractivity contribution in [2.75, 3.05) is 12.3 Å². The molecule has 0 aromatic heterocycles. The highest BCUT2D eigenvalue weighted by Crippen LogP contribution is 2.26. The predicted molar refractivity (Wildman–Crippen MR) is 69.2 cm³/mol. The van der Waals surface area contributed by atoms with Crippen LogP contribution in [0.15, 0.2) is 17.0 Å². The Labute approximate surface area is 106 Å². The maximum Gasteiger partial charge on any atom is 0.240 e. The Morgan fingerprint density at radius 2 is 2.18 bits per heavy atom. The van der Waals surface area contributed by atoms with Crippen molar-refractivity contribution < 1.29 is 8.42 Å². The SMILES string of the molecule is C#CCCNS(=O)(=O)c1cc(C)c(Cl)c(N)c1. The van der Waals surface area contributed by atoms with Crippen molar-refractivity contribution in [2.45, 2.75) is 18.2 Å². The van der Waals surface area contributed by atoms with Gasteiger partial charge in [-0.15, -0.1) is 12.3 Å². The molecule has 1 aromatic rings. The fourth-order valence-electron chi connectivity index (χ4n) is 1.26. The van der Waals surface area contributed by atoms with Gasteiger partial charge in [-0.1, -0.05) is 11.6 Å². The molecule has 0 aliphatic heterocycles. The smallest absolute Gasteiger partial charge is 0.240 e. The van der Waals surface area contributed by atoms with E-state index in [1.165, 1.54) is 12.1 Å². The number of hydrogen-bond donors (Lipinski definition) is 2. The molecular formula is C11H13ClN2O2S. The lowest BCUT2D eigenvalue weighted by Crippen LogP contribution is -2.24. The summed E-state index contributed by atoms with van der Waals surface area (Å²) in [6.07, 6.45) is 5.38. The minimum absolute atomic E-state index is 0.0916. The Kier molecular flexibility index (Phi) is 4.40. The van der Waals surface area contributed by atoms with E-state index >= 15 is 0 Å². The maximum atomic E-state index is 11.8. The van der Waals surface area contributed by atoms with E-state index in [0.717, 1.165) is 0 Å². The molecule has 0 unspecified atom stereocenters. The molecule has 0 aliphatic carbocycles. The van der Waals surface area contributed by atoms with E-state index in [-0.39, 0.29) is 17.1 Å². The highest BCUT2D eigenvalue weighted by molar-refractivity contribution is 7.89. The van der Waals surface area contributed by atoms with Crippen LogP contribution in [0.1, 0.15) is 12.0 Å². The van der Waals surface area contributed by atoms with E-state index < -0.39 is 10.0 Å². The van der Waals surface area contributed by atoms with Crippen LogP contribution < -0.4 is 10.5 Å². The second-order valence-electron chi connectivity index (χ2n) is 3.50. The number of nitrogens with two attached hydrogens (primary N) is 1. The van der Waals surface area contributed by atoms with Gasteiger partial charge in [-0.3, -0.25) is 0 Å². The number of rotatable bonds is 4. The molecule has 0 atom stereocenters. The van der Waals surface area contributed by atoms with Crippen molar-refractivity contribution >= 4 is 27.3 Å². The minimum atomic E-state index is -3.58. The van der Waals surface area contributed by atoms with Crippen molar-refractivity contribution in [3.8, 4) is 12.3 Å². The molecule has 0 saturated heterocycles. The van der Waals surface area contributed by atoms with E-state index in [1.54, 1.807) is 6.92 Å². The highest BCUT2D eigenvalue weighted by Gasteiger charge is 2.15. The molecule has 4 nitrogen and oxygen atoms in total. The Balaban J connectivity index is 3.04. The fraction of sp³-hybridized carbons (Fsp3) is 0.273. The summed E-state index contributed by atoms with van der Waals surface area (Å²) in [4.78, 5) is 0.0916. The number of nitrogen functional groups attached to an aromatic ring is 1. The van der Waals surface area contributed by atoms with Gasteiger partial charge in [0.05, 0.1) is 15.6 Å². The molecule has 0 heterocycles. The van der Waals surface area contributed by atoms with Crippen LogP contribution in [-0.2, 0) is 10.0 Å². The summed E-state index contributed by atoms with van der Waals surface area (Å²) in [6, 6.07) is 2.80. The Morgan fingerprint density at radius 1 is 1.53 bits per heavy atom. The molecule has 6 heteroatoms. The summed E-state index contributed by atoms with van der Waals surface area (Å²) in [5.41, 5.74) is 6.47. The molecule has 0 amide bonds. The fourth-order valence-corrected chi connectivity index (χ4v) is 2.52. The molecule has 17 heavy (non-hydrogen) atoms. The molecule has 0 radical (unpaired) electrons. The van der Waals surface area contributed by atoms with E-state index in [2.05, 4.69) is 10.6 Å². The lowest BCUT2D eigenvalue weighted by atomic mass is 10.2. The van der Waals surface area contributed by atoms with Crippen LogP contribution in [0.3, 0.4) is 0 Å². The van der Waals surface area contributed by atoms with Gasteiger partial charge in [0.2, 0.25) is 10.0 Å². The van der Waals surface area contributed by atoms with Crippen molar-refractivity contribution in [3.05, 3.63) is 22.7 Å². The Morgan fingerprint density at radius 3 is 2.71 bits per heavy atom. The van der Waals surface area contributed by atoms with Crippen molar-refractivity contribution in [1.82, 2.24) is 4.72 Å². The number of terminal acetylenes is 1. The van der Waals surface area contributed by atoms with E-state index in [4.69, 9.17) is 23.8 Å². The van der Waals surface area contributed by atoms with Crippen LogP contribution in [-0.4, -0.2) is 15.0 Å². The van der Waals surface area contributed by atoms with Gasteiger partial charge in [0.15, 0.2) is 0 Å². The molecule has 0 fully saturated rings. The topological polar surface area (TPSA) is 72.2 Å². The number of anilines is 1. The summed E-state index contributed by atoms with van der Waals surface area (Å²) in [5.74, 6) is 2.35. The van der Waals surface area contributed by atoms with Gasteiger partial charge < -0.3 is 5.73 Å². The van der Waals surface area contributed by atoms with Gasteiger partial charge in [0, 0.05) is 13.0 Å². The zero-order valence-corrected chi connectivity index (χ0v) is 10.9. The van der Waals surface area contributed by atoms with Crippen LogP contribution in [0.25, 0.3) is 0 Å². The summed E-state index contributed by atoms with van der Waals surface area (Å²) >= 11 is 5.86. The van der Waals surface area contributed by atoms with Gasteiger partial charge in [-0.25, -0.2) is 13.1 Å². The third kappa shape index (κ3) is 3.37. The van der Waals surface area contributed by atoms with Crippen LogP contribution in [0.2, 0.25) is 5.02 Å². The van der Waals surface area contributed by atoms with E-state index in [1.807, 2.05) is 0 Å². The zero-order valence-electron chi connectivity index (χ0n) is 9.33. The summed E-state index contributed by atoms with van der Waals surface area (Å²) in [6.45, 7) is 1.89. The number of aryl methyl sites for hydroxylation is 1. The third-order valence-corrected chi connectivity index (χ3v) is 4.08. The number of sulfonamides is 1. The van der Waals surface area contributed by atoms with Gasteiger partial charge in [0.1, 0.15) is 0 Å². The average molecular weight is 273 g/mol. The molecule has 92 valence electrons. The third-order valence-electron chi connectivity index (χ3n) is 2.13. The number of halogens is 1. The van der Waals surface area contributed by atoms with Crippen molar-refractivity contribution in [1.29, 1.82) is 0 Å². The van der Waals surface area contributed by atoms with Crippen LogP contribution >= 0.6 is 11.6 Å². The Bertz CT molecular complexity index is 538. The van der Waals surface area contributed by atoms with Crippen LogP contribution in [0.5, 0.6) is 0 Å². The standard InChI is InChI=1S/C11H13ClN2O2S/c1-3-4-5-14-17(15,16)9-6-8(2)11(12)10(13)7-9/h1,6-7,14H,4-5,13H2,2H3. The predicted octanol–water partition coefficient (Wildman–Crippen LogP) is 1.53. The molecule has 1 aromatic carbocycles. The second-order valence-corrected chi connectivity index (χ2v) is 5.64. The highest BCUT2D eigenvalue weighted by atomic mass is 35.5.